The van der Waals surface area contributed by atoms with Gasteiger partial charge in [-0.25, -0.2) is 4.79 Å². The van der Waals surface area contributed by atoms with Gasteiger partial charge < -0.3 is 14.7 Å². The highest BCUT2D eigenvalue weighted by molar-refractivity contribution is 9.10. The molecule has 1 aliphatic heterocycles. The monoisotopic (exact) mass is 285 g/mol. The Labute approximate surface area is 102 Å². The van der Waals surface area contributed by atoms with Gasteiger partial charge in [-0.05, 0) is 18.2 Å². The first-order valence-electron chi connectivity index (χ1n) is 5.05. The minimum absolute atomic E-state index is 0.0367. The Bertz CT molecular complexity index is 397. The highest BCUT2D eigenvalue weighted by Crippen LogP contribution is 2.21. The van der Waals surface area contributed by atoms with Crippen LogP contribution in [0, 0.1) is 0 Å². The molecule has 16 heavy (non-hydrogen) atoms. The molecule has 86 valence electrons. The smallest absolute Gasteiger partial charge is 0.407 e. The van der Waals surface area contributed by atoms with Crippen LogP contribution in [0.25, 0.3) is 0 Å². The third kappa shape index (κ3) is 2.66. The summed E-state index contributed by atoms with van der Waals surface area (Å²) >= 11 is 3.36. The second-order valence-electron chi connectivity index (χ2n) is 3.71. The van der Waals surface area contributed by atoms with E-state index in [0.717, 1.165) is 16.6 Å². The normalized spacial score (nSPS) is 19.8. The lowest BCUT2D eigenvalue weighted by molar-refractivity contribution is 0.145. The molecule has 0 aromatic heterocycles. The van der Waals surface area contributed by atoms with Crippen molar-refractivity contribution in [3.8, 4) is 5.75 Å². The van der Waals surface area contributed by atoms with E-state index in [1.165, 1.54) is 4.90 Å². The lowest BCUT2D eigenvalue weighted by atomic mass is 10.3. The molecule has 1 atom stereocenters. The molecule has 0 radical (unpaired) electrons. The number of carbonyl (C=O) groups is 1. The van der Waals surface area contributed by atoms with E-state index in [1.54, 1.807) is 0 Å². The number of carboxylic acid groups (broad SMARTS) is 1. The van der Waals surface area contributed by atoms with E-state index in [4.69, 9.17) is 9.84 Å². The molecule has 1 aromatic rings. The molecule has 1 amide bonds. The number of halogens is 1. The fourth-order valence-corrected chi connectivity index (χ4v) is 2.11. The fraction of sp³-hybridized carbons (Fsp3) is 0.364. The van der Waals surface area contributed by atoms with E-state index in [0.29, 0.717) is 13.1 Å². The van der Waals surface area contributed by atoms with Gasteiger partial charge >= 0.3 is 6.09 Å². The first-order valence-corrected chi connectivity index (χ1v) is 5.84. The molecule has 1 N–H and O–H groups in total. The summed E-state index contributed by atoms with van der Waals surface area (Å²) in [5.74, 6) is 0.770. The van der Waals surface area contributed by atoms with Crippen LogP contribution in [0.3, 0.4) is 0 Å². The predicted molar refractivity (Wildman–Crippen MR) is 62.8 cm³/mol. The predicted octanol–water partition coefficient (Wildman–Crippen LogP) is 2.58. The van der Waals surface area contributed by atoms with Crippen molar-refractivity contribution in [2.45, 2.75) is 12.5 Å². The van der Waals surface area contributed by atoms with Crippen molar-refractivity contribution in [3.63, 3.8) is 0 Å². The van der Waals surface area contributed by atoms with Crippen LogP contribution in [0.4, 0.5) is 4.79 Å². The van der Waals surface area contributed by atoms with Crippen molar-refractivity contribution < 1.29 is 14.6 Å². The third-order valence-electron chi connectivity index (χ3n) is 2.51. The van der Waals surface area contributed by atoms with E-state index in [2.05, 4.69) is 15.9 Å². The fourth-order valence-electron chi connectivity index (χ4n) is 1.73. The Balaban J connectivity index is 1.94. The molecule has 0 spiro atoms. The van der Waals surface area contributed by atoms with Crippen LogP contribution in [0.2, 0.25) is 0 Å². The number of benzene rings is 1. The van der Waals surface area contributed by atoms with Crippen molar-refractivity contribution in [2.24, 2.45) is 0 Å². The molecule has 4 nitrogen and oxygen atoms in total. The minimum Gasteiger partial charge on any atom is -0.488 e. The van der Waals surface area contributed by atoms with E-state index in [-0.39, 0.29) is 6.10 Å². The summed E-state index contributed by atoms with van der Waals surface area (Å²) in [6, 6.07) is 7.56. The topological polar surface area (TPSA) is 49.8 Å². The van der Waals surface area contributed by atoms with Crippen LogP contribution in [0.5, 0.6) is 5.75 Å². The zero-order chi connectivity index (χ0) is 11.5. The number of hydrogen-bond acceptors (Lipinski definition) is 2. The molecule has 0 saturated carbocycles. The summed E-state index contributed by atoms with van der Waals surface area (Å²) in [6.07, 6.45) is -0.163. The summed E-state index contributed by atoms with van der Waals surface area (Å²) in [4.78, 5) is 12.1. The molecule has 0 aliphatic carbocycles. The summed E-state index contributed by atoms with van der Waals surface area (Å²) in [7, 11) is 0. The van der Waals surface area contributed by atoms with E-state index in [1.807, 2.05) is 24.3 Å². The van der Waals surface area contributed by atoms with Gasteiger partial charge in [-0.2, -0.15) is 0 Å². The largest absolute Gasteiger partial charge is 0.488 e. The third-order valence-corrected chi connectivity index (χ3v) is 3.01. The summed E-state index contributed by atoms with van der Waals surface area (Å²) in [5.41, 5.74) is 0. The molecule has 1 unspecified atom stereocenters. The molecule has 2 rings (SSSR count). The number of rotatable bonds is 2. The molecular weight excluding hydrogens is 274 g/mol. The van der Waals surface area contributed by atoms with Crippen LogP contribution in [-0.2, 0) is 0 Å². The van der Waals surface area contributed by atoms with Gasteiger partial charge in [-0.15, -0.1) is 0 Å². The van der Waals surface area contributed by atoms with Crippen molar-refractivity contribution in [3.05, 3.63) is 28.7 Å². The van der Waals surface area contributed by atoms with Gasteiger partial charge in [0.2, 0.25) is 0 Å². The van der Waals surface area contributed by atoms with Gasteiger partial charge in [0.15, 0.2) is 0 Å². The SMILES string of the molecule is O=C(O)N1CCC(Oc2cccc(Br)c2)C1. The van der Waals surface area contributed by atoms with Crippen LogP contribution in [0.1, 0.15) is 6.42 Å². The van der Waals surface area contributed by atoms with Gasteiger partial charge in [0.1, 0.15) is 11.9 Å². The van der Waals surface area contributed by atoms with E-state index in [9.17, 15) is 4.79 Å². The summed E-state index contributed by atoms with van der Waals surface area (Å²) in [6.45, 7) is 0.996. The second kappa shape index (κ2) is 4.74. The maximum absolute atomic E-state index is 10.7. The molecule has 0 bridgehead atoms. The van der Waals surface area contributed by atoms with E-state index < -0.39 is 6.09 Å². The van der Waals surface area contributed by atoms with Gasteiger partial charge in [0, 0.05) is 17.4 Å². The van der Waals surface area contributed by atoms with E-state index >= 15 is 0 Å². The van der Waals surface area contributed by atoms with Crippen molar-refractivity contribution in [2.75, 3.05) is 13.1 Å². The van der Waals surface area contributed by atoms with Crippen LogP contribution < -0.4 is 4.74 Å². The van der Waals surface area contributed by atoms with Crippen molar-refractivity contribution in [1.29, 1.82) is 0 Å². The van der Waals surface area contributed by atoms with Gasteiger partial charge in [-0.3, -0.25) is 0 Å². The Morgan fingerprint density at radius 2 is 2.38 bits per heavy atom. The van der Waals surface area contributed by atoms with Crippen molar-refractivity contribution in [1.82, 2.24) is 4.90 Å². The average Bonchev–Trinajstić information content (AvgIpc) is 2.66. The summed E-state index contributed by atoms with van der Waals surface area (Å²) in [5, 5.41) is 8.80. The molecule has 1 aromatic carbocycles. The standard InChI is InChI=1S/C11H12BrNO3/c12-8-2-1-3-9(6-8)16-10-4-5-13(7-10)11(14)15/h1-3,6,10H,4-5,7H2,(H,14,15). The lowest BCUT2D eigenvalue weighted by Gasteiger charge is -2.14. The number of amides is 1. The quantitative estimate of drug-likeness (QED) is 0.909. The maximum atomic E-state index is 10.7. The van der Waals surface area contributed by atoms with Gasteiger partial charge in [-0.1, -0.05) is 22.0 Å². The average molecular weight is 286 g/mol. The van der Waals surface area contributed by atoms with Crippen LogP contribution in [0.15, 0.2) is 28.7 Å². The highest BCUT2D eigenvalue weighted by Gasteiger charge is 2.27. The zero-order valence-corrected chi connectivity index (χ0v) is 10.2. The molecule has 1 fully saturated rings. The number of hydrogen-bond donors (Lipinski definition) is 1. The Morgan fingerprint density at radius 1 is 1.56 bits per heavy atom. The van der Waals surface area contributed by atoms with Crippen LogP contribution in [-0.4, -0.2) is 35.3 Å². The highest BCUT2D eigenvalue weighted by atomic mass is 79.9. The maximum Gasteiger partial charge on any atom is 0.407 e. The van der Waals surface area contributed by atoms with Crippen LogP contribution >= 0.6 is 15.9 Å². The first-order chi connectivity index (χ1) is 7.65. The minimum atomic E-state index is -0.875. The lowest BCUT2D eigenvalue weighted by Crippen LogP contribution is -2.29. The van der Waals surface area contributed by atoms with Gasteiger partial charge in [0.25, 0.3) is 0 Å². The Morgan fingerprint density at radius 3 is 3.00 bits per heavy atom. The second-order valence-corrected chi connectivity index (χ2v) is 4.63. The molecule has 1 aliphatic rings. The Kier molecular flexibility index (Phi) is 3.33. The Hall–Kier alpha value is -1.23. The zero-order valence-electron chi connectivity index (χ0n) is 8.60. The van der Waals surface area contributed by atoms with Gasteiger partial charge in [0.05, 0.1) is 6.54 Å². The van der Waals surface area contributed by atoms with Crippen molar-refractivity contribution >= 4 is 22.0 Å². The number of ether oxygens (including phenoxy) is 1. The molecule has 1 saturated heterocycles. The molecular formula is C11H12BrNO3. The molecule has 5 heteroatoms. The number of nitrogens with zero attached hydrogens (tertiary/aromatic N) is 1. The number of likely N-dealkylation sites (tertiary alicyclic amines) is 1. The molecule has 1 heterocycles. The summed E-state index contributed by atoms with van der Waals surface area (Å²) < 4.78 is 6.66. The first kappa shape index (κ1) is 11.3.